The van der Waals surface area contributed by atoms with E-state index < -0.39 is 5.97 Å². The molecule has 0 aromatic heterocycles. The summed E-state index contributed by atoms with van der Waals surface area (Å²) < 4.78 is 5.35. The highest BCUT2D eigenvalue weighted by Gasteiger charge is 2.31. The highest BCUT2D eigenvalue weighted by Crippen LogP contribution is 2.24. The molecule has 19 heavy (non-hydrogen) atoms. The van der Waals surface area contributed by atoms with E-state index in [1.165, 1.54) is 0 Å². The lowest BCUT2D eigenvalue weighted by molar-refractivity contribution is -0.144. The Morgan fingerprint density at radius 3 is 2.63 bits per heavy atom. The molecule has 5 heteroatoms. The van der Waals surface area contributed by atoms with Crippen molar-refractivity contribution in [1.82, 2.24) is 9.80 Å². The highest BCUT2D eigenvalue weighted by atomic mass is 16.5. The van der Waals surface area contributed by atoms with Crippen molar-refractivity contribution in [2.75, 3.05) is 45.9 Å². The van der Waals surface area contributed by atoms with Gasteiger partial charge >= 0.3 is 5.97 Å². The van der Waals surface area contributed by atoms with Gasteiger partial charge in [-0.2, -0.15) is 0 Å². The molecular weight excluding hydrogens is 244 g/mol. The zero-order valence-corrected chi connectivity index (χ0v) is 11.9. The van der Waals surface area contributed by atoms with Gasteiger partial charge < -0.3 is 9.84 Å². The zero-order valence-electron chi connectivity index (χ0n) is 11.9. The number of morpholine rings is 1. The van der Waals surface area contributed by atoms with Crippen LogP contribution in [0.4, 0.5) is 0 Å². The lowest BCUT2D eigenvalue weighted by Gasteiger charge is -2.39. The maximum atomic E-state index is 11.1. The lowest BCUT2D eigenvalue weighted by Crippen LogP contribution is -2.48. The summed E-state index contributed by atoms with van der Waals surface area (Å²) in [6.07, 6.45) is 2.66. The van der Waals surface area contributed by atoms with Gasteiger partial charge in [0.25, 0.3) is 0 Å². The molecule has 0 amide bonds. The summed E-state index contributed by atoms with van der Waals surface area (Å²) in [6.45, 7) is 8.99. The number of aliphatic carboxylic acids is 1. The standard InChI is InChI=1S/C14H26N2O3/c1-2-13-11-12(14(17)18)3-4-16(13)6-5-15-7-9-19-10-8-15/h12-13H,2-11H2,1H3,(H,17,18). The fourth-order valence-electron chi connectivity index (χ4n) is 3.14. The molecular formula is C14H26N2O3. The molecule has 110 valence electrons. The van der Waals surface area contributed by atoms with Gasteiger partial charge in [0.05, 0.1) is 19.1 Å². The third kappa shape index (κ3) is 4.16. The van der Waals surface area contributed by atoms with Crippen LogP contribution in [-0.2, 0) is 9.53 Å². The molecule has 0 aliphatic carbocycles. The molecule has 0 bridgehead atoms. The summed E-state index contributed by atoms with van der Waals surface area (Å²) in [5.41, 5.74) is 0. The number of piperidine rings is 1. The number of hydrogen-bond donors (Lipinski definition) is 1. The van der Waals surface area contributed by atoms with Crippen molar-refractivity contribution in [2.24, 2.45) is 5.92 Å². The smallest absolute Gasteiger partial charge is 0.306 e. The topological polar surface area (TPSA) is 53.0 Å². The first-order chi connectivity index (χ1) is 9.20. The normalized spacial score (nSPS) is 30.4. The SMILES string of the molecule is CCC1CC(C(=O)O)CCN1CCN1CCOCC1. The van der Waals surface area contributed by atoms with Crippen LogP contribution >= 0.6 is 0 Å². The van der Waals surface area contributed by atoms with E-state index in [0.29, 0.717) is 6.04 Å². The monoisotopic (exact) mass is 270 g/mol. The summed E-state index contributed by atoms with van der Waals surface area (Å²) in [4.78, 5) is 16.0. The van der Waals surface area contributed by atoms with Crippen molar-refractivity contribution in [3.63, 3.8) is 0 Å². The molecule has 0 radical (unpaired) electrons. The second-order valence-electron chi connectivity index (χ2n) is 5.61. The van der Waals surface area contributed by atoms with Gasteiger partial charge in [0.15, 0.2) is 0 Å². The highest BCUT2D eigenvalue weighted by molar-refractivity contribution is 5.70. The van der Waals surface area contributed by atoms with Gasteiger partial charge in [0.1, 0.15) is 0 Å². The van der Waals surface area contributed by atoms with E-state index in [9.17, 15) is 4.79 Å². The van der Waals surface area contributed by atoms with E-state index in [1.54, 1.807) is 0 Å². The average molecular weight is 270 g/mol. The average Bonchev–Trinajstić information content (AvgIpc) is 2.45. The summed E-state index contributed by atoms with van der Waals surface area (Å²) in [6, 6.07) is 0.441. The number of likely N-dealkylation sites (tertiary alicyclic amines) is 1. The second-order valence-corrected chi connectivity index (χ2v) is 5.61. The predicted octanol–water partition coefficient (Wildman–Crippen LogP) is 0.894. The van der Waals surface area contributed by atoms with Gasteiger partial charge in [-0.25, -0.2) is 0 Å². The predicted molar refractivity (Wildman–Crippen MR) is 73.3 cm³/mol. The van der Waals surface area contributed by atoms with Gasteiger partial charge in [0.2, 0.25) is 0 Å². The minimum Gasteiger partial charge on any atom is -0.481 e. The van der Waals surface area contributed by atoms with Crippen molar-refractivity contribution in [3.05, 3.63) is 0 Å². The largest absolute Gasteiger partial charge is 0.481 e. The Bertz CT molecular complexity index is 292. The van der Waals surface area contributed by atoms with Crippen LogP contribution in [0, 0.1) is 5.92 Å². The van der Waals surface area contributed by atoms with Crippen LogP contribution in [0.2, 0.25) is 0 Å². The molecule has 2 saturated heterocycles. The fourth-order valence-corrected chi connectivity index (χ4v) is 3.14. The molecule has 0 aromatic carbocycles. The Labute approximate surface area is 115 Å². The third-order valence-electron chi connectivity index (χ3n) is 4.47. The Kier molecular flexibility index (Phi) is 5.60. The summed E-state index contributed by atoms with van der Waals surface area (Å²) in [5, 5.41) is 9.13. The molecule has 2 heterocycles. The van der Waals surface area contributed by atoms with E-state index in [0.717, 1.165) is 65.2 Å². The molecule has 5 nitrogen and oxygen atoms in total. The zero-order chi connectivity index (χ0) is 13.7. The van der Waals surface area contributed by atoms with Gasteiger partial charge in [-0.15, -0.1) is 0 Å². The quantitative estimate of drug-likeness (QED) is 0.804. The summed E-state index contributed by atoms with van der Waals surface area (Å²) >= 11 is 0. The number of ether oxygens (including phenoxy) is 1. The molecule has 2 aliphatic rings. The Balaban J connectivity index is 1.77. The van der Waals surface area contributed by atoms with Crippen molar-refractivity contribution in [3.8, 4) is 0 Å². The van der Waals surface area contributed by atoms with Crippen LogP contribution in [0.25, 0.3) is 0 Å². The van der Waals surface area contributed by atoms with Crippen molar-refractivity contribution in [1.29, 1.82) is 0 Å². The van der Waals surface area contributed by atoms with Crippen molar-refractivity contribution >= 4 is 5.97 Å². The van der Waals surface area contributed by atoms with Gasteiger partial charge in [-0.3, -0.25) is 14.6 Å². The number of carboxylic acids is 1. The fraction of sp³-hybridized carbons (Fsp3) is 0.929. The molecule has 0 spiro atoms. The van der Waals surface area contributed by atoms with Crippen molar-refractivity contribution < 1.29 is 14.6 Å². The Morgan fingerprint density at radius 2 is 2.00 bits per heavy atom. The van der Waals surface area contributed by atoms with Crippen LogP contribution in [0.3, 0.4) is 0 Å². The third-order valence-corrected chi connectivity index (χ3v) is 4.47. The van der Waals surface area contributed by atoms with Crippen molar-refractivity contribution in [2.45, 2.75) is 32.2 Å². The molecule has 2 fully saturated rings. The van der Waals surface area contributed by atoms with E-state index in [1.807, 2.05) is 0 Å². The van der Waals surface area contributed by atoms with Crippen LogP contribution in [0.1, 0.15) is 26.2 Å². The number of carbonyl (C=O) groups is 1. The first kappa shape index (κ1) is 14.8. The first-order valence-corrected chi connectivity index (χ1v) is 7.47. The second kappa shape index (κ2) is 7.22. The van der Waals surface area contributed by atoms with Gasteiger partial charge in [-0.05, 0) is 25.8 Å². The lowest BCUT2D eigenvalue weighted by atomic mass is 9.89. The molecule has 0 saturated carbocycles. The summed E-state index contributed by atoms with van der Waals surface area (Å²) in [5.74, 6) is -0.754. The number of rotatable bonds is 5. The van der Waals surface area contributed by atoms with E-state index in [4.69, 9.17) is 9.84 Å². The Morgan fingerprint density at radius 1 is 1.26 bits per heavy atom. The van der Waals surface area contributed by atoms with E-state index >= 15 is 0 Å². The molecule has 2 atom stereocenters. The number of nitrogens with zero attached hydrogens (tertiary/aromatic N) is 2. The van der Waals surface area contributed by atoms with Crippen LogP contribution < -0.4 is 0 Å². The van der Waals surface area contributed by atoms with Crippen LogP contribution in [0.5, 0.6) is 0 Å². The van der Waals surface area contributed by atoms with Crippen LogP contribution in [-0.4, -0.2) is 72.9 Å². The first-order valence-electron chi connectivity index (χ1n) is 7.47. The maximum absolute atomic E-state index is 11.1. The molecule has 2 aliphatic heterocycles. The maximum Gasteiger partial charge on any atom is 0.306 e. The van der Waals surface area contributed by atoms with Gasteiger partial charge in [0, 0.05) is 32.2 Å². The Hall–Kier alpha value is -0.650. The van der Waals surface area contributed by atoms with Gasteiger partial charge in [-0.1, -0.05) is 6.92 Å². The van der Waals surface area contributed by atoms with E-state index in [2.05, 4.69) is 16.7 Å². The molecule has 2 unspecified atom stereocenters. The number of hydrogen-bond acceptors (Lipinski definition) is 4. The van der Waals surface area contributed by atoms with Crippen LogP contribution in [0.15, 0.2) is 0 Å². The summed E-state index contributed by atoms with van der Waals surface area (Å²) in [7, 11) is 0. The number of carboxylic acid groups (broad SMARTS) is 1. The molecule has 2 rings (SSSR count). The molecule has 1 N–H and O–H groups in total. The molecule has 0 aromatic rings. The minimum atomic E-state index is -0.619. The minimum absolute atomic E-state index is 0.135. The van der Waals surface area contributed by atoms with E-state index in [-0.39, 0.29) is 5.92 Å².